The summed E-state index contributed by atoms with van der Waals surface area (Å²) in [6, 6.07) is 8.81. The van der Waals surface area contributed by atoms with Gasteiger partial charge in [0.15, 0.2) is 9.84 Å². The van der Waals surface area contributed by atoms with Crippen LogP contribution >= 0.6 is 0 Å². The van der Waals surface area contributed by atoms with Gasteiger partial charge in [0.2, 0.25) is 5.88 Å². The second-order valence-corrected chi connectivity index (χ2v) is 9.99. The molecule has 2 saturated carbocycles. The number of para-hydroxylation sites is 1. The first-order valence-electron chi connectivity index (χ1n) is 10.2. The molecule has 2 fully saturated rings. The Hall–Kier alpha value is -2.74. The summed E-state index contributed by atoms with van der Waals surface area (Å²) in [5.41, 5.74) is 0.233. The van der Waals surface area contributed by atoms with E-state index in [9.17, 15) is 13.2 Å². The predicted octanol–water partition coefficient (Wildman–Crippen LogP) is 3.29. The number of ether oxygens (including phenoxy) is 1. The molecular formula is C22H25N3O4S. The second-order valence-electron chi connectivity index (χ2n) is 8.06. The van der Waals surface area contributed by atoms with Crippen LogP contribution in [-0.2, 0) is 16.3 Å². The molecular weight excluding hydrogens is 402 g/mol. The van der Waals surface area contributed by atoms with Gasteiger partial charge >= 0.3 is 0 Å². The minimum Gasteiger partial charge on any atom is -0.438 e. The summed E-state index contributed by atoms with van der Waals surface area (Å²) in [4.78, 5) is 21.9. The van der Waals surface area contributed by atoms with E-state index in [1.54, 1.807) is 18.2 Å². The molecule has 2 aliphatic carbocycles. The number of nitrogens with zero attached hydrogens (tertiary/aromatic N) is 2. The Morgan fingerprint density at radius 1 is 1.23 bits per heavy atom. The van der Waals surface area contributed by atoms with Crippen molar-refractivity contribution in [2.75, 3.05) is 6.26 Å². The van der Waals surface area contributed by atoms with Crippen LogP contribution in [0.25, 0.3) is 0 Å². The molecule has 1 heterocycles. The molecule has 1 atom stereocenters. The summed E-state index contributed by atoms with van der Waals surface area (Å²) in [6.07, 6.45) is 9.20. The van der Waals surface area contributed by atoms with Crippen LogP contribution in [0.1, 0.15) is 41.9 Å². The molecule has 0 bridgehead atoms. The van der Waals surface area contributed by atoms with Crippen LogP contribution in [0.3, 0.4) is 0 Å². The lowest BCUT2D eigenvalue weighted by molar-refractivity contribution is 0.0937. The highest BCUT2D eigenvalue weighted by Crippen LogP contribution is 2.34. The maximum absolute atomic E-state index is 13.0. The van der Waals surface area contributed by atoms with E-state index < -0.39 is 9.84 Å². The number of carbonyl (C=O) groups is 1. The lowest BCUT2D eigenvalue weighted by atomic mass is 10.1. The number of hydrogen-bond donors (Lipinski definition) is 1. The topological polar surface area (TPSA) is 98.2 Å². The van der Waals surface area contributed by atoms with Gasteiger partial charge in [0.05, 0.1) is 6.04 Å². The third-order valence-corrected chi connectivity index (χ3v) is 5.79. The van der Waals surface area contributed by atoms with E-state index in [0.717, 1.165) is 30.9 Å². The van der Waals surface area contributed by atoms with Crippen LogP contribution in [0, 0.1) is 11.8 Å². The second kappa shape index (κ2) is 8.55. The largest absolute Gasteiger partial charge is 0.438 e. The Labute approximate surface area is 176 Å². The fourth-order valence-corrected chi connectivity index (χ4v) is 3.60. The summed E-state index contributed by atoms with van der Waals surface area (Å²) in [5.74, 6) is 1.92. The zero-order valence-electron chi connectivity index (χ0n) is 16.8. The molecule has 1 N–H and O–H groups in total. The molecule has 0 spiro atoms. The molecule has 1 amide bonds. The van der Waals surface area contributed by atoms with Crippen LogP contribution in [-0.4, -0.2) is 36.6 Å². The molecule has 2 aliphatic rings. The molecule has 2 aromatic rings. The molecule has 7 nitrogen and oxygen atoms in total. The maximum Gasteiger partial charge on any atom is 0.258 e. The fraction of sp³-hybridized carbons (Fsp3) is 0.409. The van der Waals surface area contributed by atoms with Crippen LogP contribution in [0.4, 0.5) is 0 Å². The minimum absolute atomic E-state index is 0.214. The van der Waals surface area contributed by atoms with Crippen molar-refractivity contribution in [2.45, 2.75) is 38.1 Å². The third-order valence-electron chi connectivity index (χ3n) is 5.13. The van der Waals surface area contributed by atoms with Gasteiger partial charge in [0, 0.05) is 24.3 Å². The number of rotatable bonds is 9. The molecule has 0 radical (unpaired) electrons. The van der Waals surface area contributed by atoms with E-state index >= 15 is 0 Å². The van der Waals surface area contributed by atoms with E-state index in [2.05, 4.69) is 15.3 Å². The molecule has 1 unspecified atom stereocenters. The minimum atomic E-state index is -3.27. The van der Waals surface area contributed by atoms with Gasteiger partial charge < -0.3 is 10.1 Å². The van der Waals surface area contributed by atoms with Crippen LogP contribution in [0.15, 0.2) is 48.0 Å². The molecule has 0 saturated heterocycles. The molecule has 8 heteroatoms. The van der Waals surface area contributed by atoms with Crippen molar-refractivity contribution in [3.8, 4) is 11.6 Å². The van der Waals surface area contributed by atoms with Gasteiger partial charge in [-0.15, -0.1) is 0 Å². The van der Waals surface area contributed by atoms with Gasteiger partial charge in [0.25, 0.3) is 5.91 Å². The standard InChI is InChI=1S/C22H25N3O4S/c1-30(27,28)12-11-19(16-9-10-16)24-21(26)18-14-23-20(13-15-7-8-15)25-22(18)29-17-5-3-2-4-6-17/h2-6,11-12,14-16,19H,7-10,13H2,1H3,(H,24,26)/b12-11+. The van der Waals surface area contributed by atoms with Crippen LogP contribution in [0.5, 0.6) is 11.6 Å². The smallest absolute Gasteiger partial charge is 0.258 e. The van der Waals surface area contributed by atoms with Gasteiger partial charge in [-0.25, -0.2) is 13.4 Å². The van der Waals surface area contributed by atoms with E-state index in [1.807, 2.05) is 18.2 Å². The quantitative estimate of drug-likeness (QED) is 0.659. The van der Waals surface area contributed by atoms with Crippen molar-refractivity contribution in [1.29, 1.82) is 0 Å². The number of aromatic nitrogens is 2. The van der Waals surface area contributed by atoms with Gasteiger partial charge in [-0.2, -0.15) is 4.98 Å². The third kappa shape index (κ3) is 5.89. The first kappa shape index (κ1) is 20.5. The predicted molar refractivity (Wildman–Crippen MR) is 113 cm³/mol. The normalized spacial score (nSPS) is 17.6. The molecule has 4 rings (SSSR count). The number of nitrogens with one attached hydrogen (secondary N) is 1. The lowest BCUT2D eigenvalue weighted by Gasteiger charge is -2.16. The number of sulfone groups is 1. The number of carbonyl (C=O) groups excluding carboxylic acids is 1. The fourth-order valence-electron chi connectivity index (χ4n) is 3.15. The summed E-state index contributed by atoms with van der Waals surface area (Å²) in [7, 11) is -3.27. The Bertz CT molecular complexity index is 1050. The Morgan fingerprint density at radius 2 is 1.97 bits per heavy atom. The highest BCUT2D eigenvalue weighted by Gasteiger charge is 2.32. The average Bonchev–Trinajstić information content (AvgIpc) is 3.60. The Balaban J connectivity index is 1.57. The maximum atomic E-state index is 13.0. The highest BCUT2D eigenvalue weighted by molar-refractivity contribution is 7.93. The molecule has 30 heavy (non-hydrogen) atoms. The van der Waals surface area contributed by atoms with Gasteiger partial charge in [0.1, 0.15) is 17.1 Å². The summed E-state index contributed by atoms with van der Waals surface area (Å²) < 4.78 is 28.9. The Kier molecular flexibility index (Phi) is 5.85. The summed E-state index contributed by atoms with van der Waals surface area (Å²) in [5, 5.41) is 4.06. The molecule has 1 aromatic carbocycles. The van der Waals surface area contributed by atoms with Crippen LogP contribution < -0.4 is 10.1 Å². The van der Waals surface area contributed by atoms with Crippen molar-refractivity contribution in [2.24, 2.45) is 11.8 Å². The van der Waals surface area contributed by atoms with Crippen molar-refractivity contribution >= 4 is 15.7 Å². The van der Waals surface area contributed by atoms with E-state index in [-0.39, 0.29) is 29.3 Å². The number of hydrogen-bond acceptors (Lipinski definition) is 6. The van der Waals surface area contributed by atoms with Crippen molar-refractivity contribution < 1.29 is 17.9 Å². The summed E-state index contributed by atoms with van der Waals surface area (Å²) in [6.45, 7) is 0. The monoisotopic (exact) mass is 427 g/mol. The van der Waals surface area contributed by atoms with Crippen molar-refractivity contribution in [3.05, 3.63) is 59.4 Å². The number of amides is 1. The molecule has 0 aliphatic heterocycles. The van der Waals surface area contributed by atoms with Crippen LogP contribution in [0.2, 0.25) is 0 Å². The van der Waals surface area contributed by atoms with E-state index in [4.69, 9.17) is 4.74 Å². The first-order valence-corrected chi connectivity index (χ1v) is 12.1. The highest BCUT2D eigenvalue weighted by atomic mass is 32.2. The van der Waals surface area contributed by atoms with E-state index in [1.165, 1.54) is 19.0 Å². The molecule has 1 aromatic heterocycles. The van der Waals surface area contributed by atoms with Gasteiger partial charge in [-0.3, -0.25) is 4.79 Å². The zero-order valence-corrected chi connectivity index (χ0v) is 17.6. The van der Waals surface area contributed by atoms with Crippen molar-refractivity contribution in [3.63, 3.8) is 0 Å². The molecule has 158 valence electrons. The summed E-state index contributed by atoms with van der Waals surface area (Å²) >= 11 is 0. The van der Waals surface area contributed by atoms with Gasteiger partial charge in [-0.05, 0) is 49.7 Å². The number of benzene rings is 1. The van der Waals surface area contributed by atoms with Crippen molar-refractivity contribution in [1.82, 2.24) is 15.3 Å². The first-order chi connectivity index (χ1) is 14.4. The SMILES string of the molecule is CS(=O)(=O)/C=C/C(NC(=O)c1cnc(CC2CC2)nc1Oc1ccccc1)C1CC1. The zero-order chi connectivity index (χ0) is 21.1. The Morgan fingerprint density at radius 3 is 2.60 bits per heavy atom. The lowest BCUT2D eigenvalue weighted by Crippen LogP contribution is -2.35. The van der Waals surface area contributed by atoms with E-state index in [0.29, 0.717) is 17.5 Å². The average molecular weight is 428 g/mol. The van der Waals surface area contributed by atoms with Gasteiger partial charge in [-0.1, -0.05) is 24.3 Å².